The first-order valence-electron chi connectivity index (χ1n) is 9.75. The number of amides is 2. The molecule has 1 aromatic heterocycles. The van der Waals surface area contributed by atoms with Gasteiger partial charge in [0.05, 0.1) is 24.2 Å². The smallest absolute Gasteiger partial charge is 0.220 e. The van der Waals surface area contributed by atoms with Crippen LogP contribution in [0, 0.1) is 23.4 Å². The number of aromatic nitrogens is 1. The molecule has 0 unspecified atom stereocenters. The van der Waals surface area contributed by atoms with Crippen LogP contribution in [0.2, 0.25) is 0 Å². The number of ether oxygens (including phenoxy) is 1. The number of nitrogens with one attached hydrogen (secondary N) is 1. The molecule has 2 amide bonds. The third kappa shape index (κ3) is 3.95. The van der Waals surface area contributed by atoms with E-state index in [-0.39, 0.29) is 36.1 Å². The Morgan fingerprint density at radius 3 is 2.48 bits per heavy atom. The van der Waals surface area contributed by atoms with E-state index < -0.39 is 29.3 Å². The summed E-state index contributed by atoms with van der Waals surface area (Å²) in [5.41, 5.74) is 12.2. The lowest BCUT2D eigenvalue weighted by Gasteiger charge is -2.34. The summed E-state index contributed by atoms with van der Waals surface area (Å²) >= 11 is 0. The fourth-order valence-electron chi connectivity index (χ4n) is 4.01. The molecule has 1 aliphatic carbocycles. The van der Waals surface area contributed by atoms with Crippen LogP contribution in [0.1, 0.15) is 30.7 Å². The molecule has 6 nitrogen and oxygen atoms in total. The molecule has 162 valence electrons. The van der Waals surface area contributed by atoms with Crippen molar-refractivity contribution in [2.24, 2.45) is 17.4 Å². The fourth-order valence-corrected chi connectivity index (χ4v) is 4.01. The number of rotatable bonds is 7. The second kappa shape index (κ2) is 7.98. The van der Waals surface area contributed by atoms with Crippen molar-refractivity contribution in [3.63, 3.8) is 0 Å². The summed E-state index contributed by atoms with van der Waals surface area (Å²) < 4.78 is 48.0. The van der Waals surface area contributed by atoms with Gasteiger partial charge in [-0.2, -0.15) is 0 Å². The monoisotopic (exact) mass is 431 g/mol. The van der Waals surface area contributed by atoms with Gasteiger partial charge in [0, 0.05) is 22.9 Å². The van der Waals surface area contributed by atoms with E-state index >= 15 is 0 Å². The molecule has 4 rings (SSSR count). The molecule has 1 saturated carbocycles. The molecule has 31 heavy (non-hydrogen) atoms. The van der Waals surface area contributed by atoms with Gasteiger partial charge in [0.2, 0.25) is 11.8 Å². The minimum atomic E-state index is -0.756. The van der Waals surface area contributed by atoms with Crippen molar-refractivity contribution in [3.8, 4) is 17.0 Å². The third-order valence-corrected chi connectivity index (χ3v) is 5.64. The van der Waals surface area contributed by atoms with E-state index in [1.54, 1.807) is 0 Å². The van der Waals surface area contributed by atoms with Crippen LogP contribution in [-0.4, -0.2) is 23.4 Å². The summed E-state index contributed by atoms with van der Waals surface area (Å²) in [6.45, 7) is -0.0992. The van der Waals surface area contributed by atoms with Gasteiger partial charge in [-0.25, -0.2) is 13.2 Å². The number of benzene rings is 2. The van der Waals surface area contributed by atoms with E-state index in [0.29, 0.717) is 35.0 Å². The first-order valence-corrected chi connectivity index (χ1v) is 9.75. The zero-order valence-corrected chi connectivity index (χ0v) is 16.4. The number of hydrogen-bond donors (Lipinski definition) is 3. The predicted octanol–water partition coefficient (Wildman–Crippen LogP) is 3.49. The summed E-state index contributed by atoms with van der Waals surface area (Å²) in [7, 11) is 0. The summed E-state index contributed by atoms with van der Waals surface area (Å²) in [6.07, 6.45) is 0.829. The maximum absolute atomic E-state index is 14.5. The van der Waals surface area contributed by atoms with E-state index in [2.05, 4.69) is 4.98 Å². The number of H-pyrrole nitrogens is 1. The van der Waals surface area contributed by atoms with E-state index in [1.807, 2.05) is 0 Å². The fraction of sp³-hybridized carbons (Fsp3) is 0.273. The number of halogens is 3. The molecule has 0 saturated heterocycles. The van der Waals surface area contributed by atoms with Crippen molar-refractivity contribution in [1.29, 1.82) is 0 Å². The zero-order chi connectivity index (χ0) is 22.3. The highest BCUT2D eigenvalue weighted by Gasteiger charge is 2.37. The highest BCUT2D eigenvalue weighted by atomic mass is 19.1. The second-order valence-corrected chi connectivity index (χ2v) is 7.70. The average molecular weight is 431 g/mol. The molecule has 0 aliphatic heterocycles. The van der Waals surface area contributed by atoms with Crippen LogP contribution >= 0.6 is 0 Å². The number of nitrogens with two attached hydrogens (primary N) is 2. The molecule has 2 aromatic carbocycles. The Balaban J connectivity index is 1.78. The predicted molar refractivity (Wildman–Crippen MR) is 108 cm³/mol. The molecular weight excluding hydrogens is 411 g/mol. The maximum atomic E-state index is 14.5. The number of fused-ring (bicyclic) bond motifs is 1. The minimum absolute atomic E-state index is 0.0810. The maximum Gasteiger partial charge on any atom is 0.220 e. The third-order valence-electron chi connectivity index (χ3n) is 5.64. The normalized spacial score (nSPS) is 18.0. The molecule has 0 radical (unpaired) electrons. The molecule has 9 heteroatoms. The minimum Gasteiger partial charge on any atom is -0.490 e. The highest BCUT2D eigenvalue weighted by Crippen LogP contribution is 2.48. The molecule has 0 spiro atoms. The number of carbonyl (C=O) groups is 2. The molecule has 0 bridgehead atoms. The lowest BCUT2D eigenvalue weighted by molar-refractivity contribution is -0.124. The van der Waals surface area contributed by atoms with Crippen LogP contribution in [0.25, 0.3) is 22.2 Å². The van der Waals surface area contributed by atoms with E-state index in [9.17, 15) is 22.8 Å². The van der Waals surface area contributed by atoms with Crippen LogP contribution in [0.5, 0.6) is 5.75 Å². The van der Waals surface area contributed by atoms with Crippen molar-refractivity contribution in [2.75, 3.05) is 6.61 Å². The Morgan fingerprint density at radius 2 is 1.81 bits per heavy atom. The standard InChI is InChI=1S/C22H20F3N3O3/c23-13-8-14-19(11-5-12(6-11)22(27)30)20(28-21(14)16(25)9-13)10-1-2-15(24)17(7-10)31-4-3-18(26)29/h1-2,7-9,11-12,28H,3-6H2,(H2,26,29)(H2,27,30)/t11-,12-. The molecule has 1 aliphatic rings. The molecular formula is C22H20F3N3O3. The van der Waals surface area contributed by atoms with Crippen molar-refractivity contribution in [2.45, 2.75) is 25.2 Å². The number of carbonyl (C=O) groups excluding carboxylic acids is 2. The van der Waals surface area contributed by atoms with Crippen LogP contribution in [0.15, 0.2) is 30.3 Å². The van der Waals surface area contributed by atoms with Crippen molar-refractivity contribution in [3.05, 3.63) is 53.3 Å². The Bertz CT molecular complexity index is 1190. The van der Waals surface area contributed by atoms with Gasteiger partial charge in [0.1, 0.15) is 11.6 Å². The van der Waals surface area contributed by atoms with Crippen LogP contribution in [-0.2, 0) is 9.59 Å². The van der Waals surface area contributed by atoms with Crippen molar-refractivity contribution < 1.29 is 27.5 Å². The molecule has 0 atom stereocenters. The highest BCUT2D eigenvalue weighted by molar-refractivity contribution is 5.92. The van der Waals surface area contributed by atoms with Gasteiger partial charge in [0.15, 0.2) is 11.6 Å². The molecule has 1 heterocycles. The van der Waals surface area contributed by atoms with Gasteiger partial charge >= 0.3 is 0 Å². The second-order valence-electron chi connectivity index (χ2n) is 7.70. The summed E-state index contributed by atoms with van der Waals surface area (Å²) in [6, 6.07) is 6.11. The van der Waals surface area contributed by atoms with Crippen molar-refractivity contribution in [1.82, 2.24) is 4.98 Å². The largest absolute Gasteiger partial charge is 0.490 e. The Kier molecular flexibility index (Phi) is 5.34. The average Bonchev–Trinajstić information content (AvgIpc) is 3.01. The zero-order valence-electron chi connectivity index (χ0n) is 16.4. The van der Waals surface area contributed by atoms with Gasteiger partial charge in [0.25, 0.3) is 0 Å². The molecule has 5 N–H and O–H groups in total. The van der Waals surface area contributed by atoms with Crippen LogP contribution < -0.4 is 16.2 Å². The van der Waals surface area contributed by atoms with E-state index in [1.165, 1.54) is 24.3 Å². The van der Waals surface area contributed by atoms with E-state index in [4.69, 9.17) is 16.2 Å². The Hall–Kier alpha value is -3.49. The van der Waals surface area contributed by atoms with Gasteiger partial charge in [-0.1, -0.05) is 0 Å². The lowest BCUT2D eigenvalue weighted by atomic mass is 9.70. The van der Waals surface area contributed by atoms with Crippen LogP contribution in [0.4, 0.5) is 13.2 Å². The van der Waals surface area contributed by atoms with Gasteiger partial charge in [-0.15, -0.1) is 0 Å². The first kappa shape index (κ1) is 20.8. The molecule has 3 aromatic rings. The van der Waals surface area contributed by atoms with E-state index in [0.717, 1.165) is 6.07 Å². The molecule has 1 fully saturated rings. The number of aromatic amines is 1. The summed E-state index contributed by atoms with van der Waals surface area (Å²) in [5.74, 6) is -3.67. The Labute approximate surface area is 175 Å². The number of primary amides is 2. The quantitative estimate of drug-likeness (QED) is 0.532. The summed E-state index contributed by atoms with van der Waals surface area (Å²) in [5, 5.41) is 0.362. The summed E-state index contributed by atoms with van der Waals surface area (Å²) in [4.78, 5) is 25.3. The van der Waals surface area contributed by atoms with Crippen molar-refractivity contribution >= 4 is 22.7 Å². The first-order chi connectivity index (χ1) is 14.7. The van der Waals surface area contributed by atoms with Crippen LogP contribution in [0.3, 0.4) is 0 Å². The SMILES string of the molecule is NC(=O)CCOc1cc(-c2[nH]c3c(F)cc(F)cc3c2[C@H]2C[C@H](C(N)=O)C2)ccc1F. The van der Waals surface area contributed by atoms with Gasteiger partial charge in [-0.05, 0) is 48.6 Å². The van der Waals surface area contributed by atoms with Gasteiger partial charge in [-0.3, -0.25) is 9.59 Å². The number of hydrogen-bond acceptors (Lipinski definition) is 3. The lowest BCUT2D eigenvalue weighted by Crippen LogP contribution is -2.34. The Morgan fingerprint density at radius 1 is 1.06 bits per heavy atom. The van der Waals surface area contributed by atoms with Gasteiger partial charge < -0.3 is 21.2 Å². The topological polar surface area (TPSA) is 111 Å².